The first-order valence-corrected chi connectivity index (χ1v) is 9.26. The second kappa shape index (κ2) is 8.56. The van der Waals surface area contributed by atoms with E-state index in [2.05, 4.69) is 51.3 Å². The van der Waals surface area contributed by atoms with Gasteiger partial charge in [0.25, 0.3) is 0 Å². The first kappa shape index (κ1) is 17.3. The molecule has 0 N–H and O–H groups in total. The molecule has 2 aliphatic rings. The Kier molecular flexibility index (Phi) is 6.73. The quantitative estimate of drug-likeness (QED) is 0.384. The van der Waals surface area contributed by atoms with E-state index < -0.39 is 0 Å². The molecule has 0 heteroatoms. The zero-order chi connectivity index (χ0) is 15.9. The van der Waals surface area contributed by atoms with E-state index in [1.807, 2.05) is 0 Å². The SMILES string of the molecule is C=CC1CCC(C2CCC(C(/C=C\C(=C)C)=C/C)CC2)CC1. The van der Waals surface area contributed by atoms with Gasteiger partial charge in [0.1, 0.15) is 0 Å². The third-order valence-electron chi connectivity index (χ3n) is 5.95. The van der Waals surface area contributed by atoms with Gasteiger partial charge in [-0.3, -0.25) is 0 Å². The molecule has 0 saturated heterocycles. The van der Waals surface area contributed by atoms with Crippen LogP contribution in [-0.2, 0) is 0 Å². The van der Waals surface area contributed by atoms with Gasteiger partial charge in [-0.2, -0.15) is 0 Å². The molecule has 0 amide bonds. The number of hydrogen-bond donors (Lipinski definition) is 0. The number of rotatable bonds is 5. The largest absolute Gasteiger partial charge is 0.103 e. The van der Waals surface area contributed by atoms with E-state index in [9.17, 15) is 0 Å². The molecule has 0 radical (unpaired) electrons. The molecule has 0 spiro atoms. The topological polar surface area (TPSA) is 0 Å². The molecule has 0 heterocycles. The minimum absolute atomic E-state index is 0.779. The lowest BCUT2D eigenvalue weighted by Crippen LogP contribution is -2.25. The summed E-state index contributed by atoms with van der Waals surface area (Å²) in [5, 5.41) is 0. The van der Waals surface area contributed by atoms with E-state index in [4.69, 9.17) is 0 Å². The van der Waals surface area contributed by atoms with Gasteiger partial charge in [0.2, 0.25) is 0 Å². The molecule has 0 bridgehead atoms. The van der Waals surface area contributed by atoms with Gasteiger partial charge in [-0.1, -0.05) is 36.5 Å². The molecular formula is C22H34. The van der Waals surface area contributed by atoms with Crippen LogP contribution in [0.4, 0.5) is 0 Å². The highest BCUT2D eigenvalue weighted by atomic mass is 14.4. The third-order valence-corrected chi connectivity index (χ3v) is 5.95. The van der Waals surface area contributed by atoms with Crippen molar-refractivity contribution in [3.05, 3.63) is 48.6 Å². The predicted octanol–water partition coefficient (Wildman–Crippen LogP) is 6.86. The summed E-state index contributed by atoms with van der Waals surface area (Å²) in [7, 11) is 0. The molecule has 0 aliphatic heterocycles. The molecule has 0 nitrogen and oxygen atoms in total. The lowest BCUT2D eigenvalue weighted by atomic mass is 9.68. The highest BCUT2D eigenvalue weighted by Gasteiger charge is 2.30. The molecule has 0 aromatic carbocycles. The van der Waals surface area contributed by atoms with Crippen LogP contribution in [0.2, 0.25) is 0 Å². The van der Waals surface area contributed by atoms with Gasteiger partial charge < -0.3 is 0 Å². The molecule has 0 aromatic heterocycles. The Hall–Kier alpha value is -1.04. The Morgan fingerprint density at radius 2 is 1.41 bits per heavy atom. The summed E-state index contributed by atoms with van der Waals surface area (Å²) in [6.45, 7) is 12.2. The molecule has 122 valence electrons. The van der Waals surface area contributed by atoms with E-state index in [1.165, 1.54) is 56.9 Å². The van der Waals surface area contributed by atoms with Crippen molar-refractivity contribution in [1.29, 1.82) is 0 Å². The van der Waals surface area contributed by atoms with Crippen LogP contribution in [0.1, 0.15) is 65.2 Å². The molecule has 0 aromatic rings. The van der Waals surface area contributed by atoms with E-state index >= 15 is 0 Å². The van der Waals surface area contributed by atoms with Gasteiger partial charge in [-0.25, -0.2) is 0 Å². The fourth-order valence-corrected chi connectivity index (χ4v) is 4.48. The minimum Gasteiger partial charge on any atom is -0.103 e. The van der Waals surface area contributed by atoms with Crippen LogP contribution in [0, 0.1) is 23.7 Å². The fraction of sp³-hybridized carbons (Fsp3) is 0.636. The average Bonchev–Trinajstić information content (AvgIpc) is 2.56. The summed E-state index contributed by atoms with van der Waals surface area (Å²) in [5.74, 6) is 3.57. The number of hydrogen-bond acceptors (Lipinski definition) is 0. The van der Waals surface area contributed by atoms with Gasteiger partial charge in [0, 0.05) is 0 Å². The van der Waals surface area contributed by atoms with Gasteiger partial charge in [-0.15, -0.1) is 6.58 Å². The van der Waals surface area contributed by atoms with E-state index in [0.717, 1.165) is 29.2 Å². The maximum Gasteiger partial charge on any atom is -0.0165 e. The zero-order valence-corrected chi connectivity index (χ0v) is 14.7. The normalized spacial score (nSPS) is 33.8. The van der Waals surface area contributed by atoms with E-state index in [0.29, 0.717) is 0 Å². The fourth-order valence-electron chi connectivity index (χ4n) is 4.48. The van der Waals surface area contributed by atoms with Crippen LogP contribution in [0.3, 0.4) is 0 Å². The Morgan fingerprint density at radius 1 is 0.864 bits per heavy atom. The summed E-state index contributed by atoms with van der Waals surface area (Å²) in [4.78, 5) is 0. The average molecular weight is 299 g/mol. The maximum absolute atomic E-state index is 3.97. The molecule has 0 atom stereocenters. The Labute approximate surface area is 138 Å². The highest BCUT2D eigenvalue weighted by Crippen LogP contribution is 2.43. The standard InChI is InChI=1S/C22H34/c1-5-18-8-11-21(12-9-18)22-15-13-20(14-16-22)19(6-2)10-7-17(3)4/h5-7,10,18,20-22H,1,3,8-9,11-16H2,2,4H3/b10-7-,19-6+. The van der Waals surface area contributed by atoms with Crippen LogP contribution in [0.5, 0.6) is 0 Å². The molecule has 2 rings (SSSR count). The van der Waals surface area contributed by atoms with Crippen molar-refractivity contribution in [2.75, 3.05) is 0 Å². The van der Waals surface area contributed by atoms with Crippen LogP contribution < -0.4 is 0 Å². The van der Waals surface area contributed by atoms with Crippen molar-refractivity contribution in [2.45, 2.75) is 65.2 Å². The van der Waals surface area contributed by atoms with E-state index in [-0.39, 0.29) is 0 Å². The van der Waals surface area contributed by atoms with Crippen molar-refractivity contribution in [3.63, 3.8) is 0 Å². The Bertz CT molecular complexity index is 421. The van der Waals surface area contributed by atoms with Crippen LogP contribution in [0.15, 0.2) is 48.6 Å². The Morgan fingerprint density at radius 3 is 1.86 bits per heavy atom. The molecule has 22 heavy (non-hydrogen) atoms. The predicted molar refractivity (Wildman–Crippen MR) is 98.8 cm³/mol. The summed E-state index contributed by atoms with van der Waals surface area (Å²) >= 11 is 0. The van der Waals surface area contributed by atoms with Gasteiger partial charge >= 0.3 is 0 Å². The second-order valence-corrected chi connectivity index (χ2v) is 7.49. The molecule has 2 saturated carbocycles. The lowest BCUT2D eigenvalue weighted by Gasteiger charge is -2.37. The summed E-state index contributed by atoms with van der Waals surface area (Å²) in [6.07, 6.45) is 20.2. The monoisotopic (exact) mass is 298 g/mol. The Balaban J connectivity index is 1.82. The van der Waals surface area contributed by atoms with Crippen LogP contribution >= 0.6 is 0 Å². The summed E-state index contributed by atoms with van der Waals surface area (Å²) in [5.41, 5.74) is 2.67. The number of allylic oxidation sites excluding steroid dienone is 6. The van der Waals surface area contributed by atoms with Crippen molar-refractivity contribution in [1.82, 2.24) is 0 Å². The molecule has 0 unspecified atom stereocenters. The van der Waals surface area contributed by atoms with Gasteiger partial charge in [0.15, 0.2) is 0 Å². The second-order valence-electron chi connectivity index (χ2n) is 7.49. The first-order valence-electron chi connectivity index (χ1n) is 9.26. The molecule has 2 fully saturated rings. The minimum atomic E-state index is 0.779. The van der Waals surface area contributed by atoms with Crippen molar-refractivity contribution >= 4 is 0 Å². The smallest absolute Gasteiger partial charge is 0.0165 e. The highest BCUT2D eigenvalue weighted by molar-refractivity contribution is 5.27. The first-order chi connectivity index (χ1) is 10.6. The van der Waals surface area contributed by atoms with Crippen molar-refractivity contribution in [2.24, 2.45) is 23.7 Å². The van der Waals surface area contributed by atoms with Crippen molar-refractivity contribution < 1.29 is 0 Å². The zero-order valence-electron chi connectivity index (χ0n) is 14.7. The van der Waals surface area contributed by atoms with E-state index in [1.54, 1.807) is 0 Å². The third kappa shape index (κ3) is 4.73. The van der Waals surface area contributed by atoms with Gasteiger partial charge in [0.05, 0.1) is 0 Å². The summed E-state index contributed by atoms with van der Waals surface area (Å²) in [6, 6.07) is 0. The summed E-state index contributed by atoms with van der Waals surface area (Å²) < 4.78 is 0. The van der Waals surface area contributed by atoms with Crippen molar-refractivity contribution in [3.8, 4) is 0 Å². The molecule has 2 aliphatic carbocycles. The lowest BCUT2D eigenvalue weighted by molar-refractivity contribution is 0.165. The van der Waals surface area contributed by atoms with Crippen LogP contribution in [-0.4, -0.2) is 0 Å². The van der Waals surface area contributed by atoms with Crippen LogP contribution in [0.25, 0.3) is 0 Å². The molecular weight excluding hydrogens is 264 g/mol. The van der Waals surface area contributed by atoms with Gasteiger partial charge in [-0.05, 0) is 94.5 Å². The maximum atomic E-state index is 3.97.